The second-order valence-electron chi connectivity index (χ2n) is 6.08. The van der Waals surface area contributed by atoms with Gasteiger partial charge < -0.3 is 14.3 Å². The van der Waals surface area contributed by atoms with Crippen LogP contribution >= 0.6 is 0 Å². The van der Waals surface area contributed by atoms with Crippen molar-refractivity contribution in [2.75, 3.05) is 11.9 Å². The minimum absolute atomic E-state index is 0.00264. The molecule has 28 heavy (non-hydrogen) atoms. The molecule has 7 nitrogen and oxygen atoms in total. The van der Waals surface area contributed by atoms with E-state index in [1.54, 1.807) is 16.7 Å². The van der Waals surface area contributed by atoms with E-state index in [4.69, 9.17) is 4.42 Å². The lowest BCUT2D eigenvalue weighted by Crippen LogP contribution is -2.26. The summed E-state index contributed by atoms with van der Waals surface area (Å²) in [6, 6.07) is 6.59. The standard InChI is InChI=1S/C18H17F3N4O3/c1-11(26)22-7-6-16(27)24-17-23-14-9-12(18(19,20)21)4-5-15(14)25(17)10-13-3-2-8-28-13/h2-5,8-9H,6-7,10H2,1H3,(H,22,26)(H,23,24,27). The predicted octanol–water partition coefficient (Wildman–Crippen LogP) is 3.16. The van der Waals surface area contributed by atoms with Crippen LogP contribution in [0.25, 0.3) is 11.0 Å². The van der Waals surface area contributed by atoms with Gasteiger partial charge in [-0.2, -0.15) is 13.2 Å². The zero-order valence-electron chi connectivity index (χ0n) is 14.8. The van der Waals surface area contributed by atoms with Gasteiger partial charge in [0.15, 0.2) is 0 Å². The van der Waals surface area contributed by atoms with E-state index in [-0.39, 0.29) is 36.9 Å². The summed E-state index contributed by atoms with van der Waals surface area (Å²) in [5.41, 5.74) is -0.314. The molecule has 2 heterocycles. The van der Waals surface area contributed by atoms with Crippen molar-refractivity contribution in [1.29, 1.82) is 0 Å². The van der Waals surface area contributed by atoms with E-state index < -0.39 is 17.6 Å². The highest BCUT2D eigenvalue weighted by atomic mass is 19.4. The van der Waals surface area contributed by atoms with Crippen molar-refractivity contribution < 1.29 is 27.2 Å². The van der Waals surface area contributed by atoms with Crippen LogP contribution in [0.5, 0.6) is 0 Å². The van der Waals surface area contributed by atoms with Crippen LogP contribution in [0.3, 0.4) is 0 Å². The number of alkyl halides is 3. The van der Waals surface area contributed by atoms with Crippen LogP contribution in [-0.4, -0.2) is 27.9 Å². The van der Waals surface area contributed by atoms with E-state index in [0.29, 0.717) is 11.3 Å². The second kappa shape index (κ2) is 7.75. The molecular formula is C18H17F3N4O3. The van der Waals surface area contributed by atoms with Crippen LogP contribution in [0.15, 0.2) is 41.0 Å². The number of imidazole rings is 1. The van der Waals surface area contributed by atoms with Gasteiger partial charge in [0.05, 0.1) is 29.4 Å². The largest absolute Gasteiger partial charge is 0.467 e. The number of carbonyl (C=O) groups excluding carboxylic acids is 2. The third-order valence-electron chi connectivity index (χ3n) is 3.95. The molecule has 2 aromatic heterocycles. The molecule has 0 aliphatic carbocycles. The average Bonchev–Trinajstić information content (AvgIpc) is 3.22. The van der Waals surface area contributed by atoms with Crippen molar-refractivity contribution in [3.63, 3.8) is 0 Å². The first kappa shape index (κ1) is 19.5. The highest BCUT2D eigenvalue weighted by Gasteiger charge is 2.31. The number of halogens is 3. The number of aromatic nitrogens is 2. The van der Waals surface area contributed by atoms with Crippen LogP contribution in [0.4, 0.5) is 19.1 Å². The van der Waals surface area contributed by atoms with Crippen molar-refractivity contribution in [2.45, 2.75) is 26.1 Å². The number of nitrogens with one attached hydrogen (secondary N) is 2. The van der Waals surface area contributed by atoms with Crippen LogP contribution in [0.2, 0.25) is 0 Å². The molecule has 0 saturated heterocycles. The molecule has 0 atom stereocenters. The third-order valence-corrected chi connectivity index (χ3v) is 3.95. The van der Waals surface area contributed by atoms with Crippen LogP contribution < -0.4 is 10.6 Å². The topological polar surface area (TPSA) is 89.2 Å². The number of fused-ring (bicyclic) bond motifs is 1. The molecule has 0 fully saturated rings. The number of nitrogens with zero attached hydrogens (tertiary/aromatic N) is 2. The summed E-state index contributed by atoms with van der Waals surface area (Å²) >= 11 is 0. The Hall–Kier alpha value is -3.30. The third kappa shape index (κ3) is 4.51. The first-order valence-corrected chi connectivity index (χ1v) is 8.38. The molecule has 2 amide bonds. The van der Waals surface area contributed by atoms with Crippen LogP contribution in [-0.2, 0) is 22.3 Å². The number of anilines is 1. The zero-order chi connectivity index (χ0) is 20.3. The molecule has 0 bridgehead atoms. The molecule has 0 radical (unpaired) electrons. The Morgan fingerprint density at radius 2 is 2.04 bits per heavy atom. The molecule has 0 spiro atoms. The number of hydrogen-bond acceptors (Lipinski definition) is 4. The second-order valence-corrected chi connectivity index (χ2v) is 6.08. The Bertz CT molecular complexity index is 994. The molecule has 3 rings (SSSR count). The Morgan fingerprint density at radius 1 is 1.25 bits per heavy atom. The van der Waals surface area contributed by atoms with Gasteiger partial charge in [0.2, 0.25) is 17.8 Å². The van der Waals surface area contributed by atoms with Gasteiger partial charge in [0.1, 0.15) is 5.76 Å². The summed E-state index contributed by atoms with van der Waals surface area (Å²) in [6.45, 7) is 1.65. The zero-order valence-corrected chi connectivity index (χ0v) is 14.8. The van der Waals surface area contributed by atoms with Crippen LogP contribution in [0.1, 0.15) is 24.7 Å². The monoisotopic (exact) mass is 394 g/mol. The molecule has 2 N–H and O–H groups in total. The van der Waals surface area contributed by atoms with E-state index in [1.165, 1.54) is 19.3 Å². The number of rotatable bonds is 6. The quantitative estimate of drug-likeness (QED) is 0.672. The summed E-state index contributed by atoms with van der Waals surface area (Å²) in [7, 11) is 0. The Kier molecular flexibility index (Phi) is 5.39. The fourth-order valence-electron chi connectivity index (χ4n) is 2.66. The van der Waals surface area contributed by atoms with Gasteiger partial charge in [-0.15, -0.1) is 0 Å². The summed E-state index contributed by atoms with van der Waals surface area (Å²) in [5, 5.41) is 5.08. The van der Waals surface area contributed by atoms with Gasteiger partial charge in [-0.3, -0.25) is 14.9 Å². The summed E-state index contributed by atoms with van der Waals surface area (Å²) in [6.07, 6.45) is -3.03. The lowest BCUT2D eigenvalue weighted by atomic mass is 10.2. The summed E-state index contributed by atoms with van der Waals surface area (Å²) in [4.78, 5) is 27.2. The normalized spacial score (nSPS) is 11.6. The Morgan fingerprint density at radius 3 is 2.68 bits per heavy atom. The van der Waals surface area contributed by atoms with Crippen molar-refractivity contribution in [3.8, 4) is 0 Å². The Balaban J connectivity index is 1.92. The van der Waals surface area contributed by atoms with Crippen molar-refractivity contribution >= 4 is 28.8 Å². The Labute approximate surface area is 157 Å². The van der Waals surface area contributed by atoms with E-state index in [2.05, 4.69) is 15.6 Å². The van der Waals surface area contributed by atoms with Gasteiger partial charge in [0, 0.05) is 19.9 Å². The van der Waals surface area contributed by atoms with E-state index in [0.717, 1.165) is 12.1 Å². The van der Waals surface area contributed by atoms with E-state index in [9.17, 15) is 22.8 Å². The highest BCUT2D eigenvalue weighted by molar-refractivity contribution is 5.92. The van der Waals surface area contributed by atoms with E-state index in [1.807, 2.05) is 0 Å². The molecular weight excluding hydrogens is 377 g/mol. The first-order chi connectivity index (χ1) is 13.2. The average molecular weight is 394 g/mol. The highest BCUT2D eigenvalue weighted by Crippen LogP contribution is 2.32. The van der Waals surface area contributed by atoms with Gasteiger partial charge in [0.25, 0.3) is 0 Å². The van der Waals surface area contributed by atoms with Crippen molar-refractivity contribution in [2.24, 2.45) is 0 Å². The molecule has 148 valence electrons. The van der Waals surface area contributed by atoms with E-state index >= 15 is 0 Å². The number of furan rings is 1. The first-order valence-electron chi connectivity index (χ1n) is 8.38. The van der Waals surface area contributed by atoms with Gasteiger partial charge in [-0.05, 0) is 30.3 Å². The predicted molar refractivity (Wildman–Crippen MR) is 94.5 cm³/mol. The minimum atomic E-state index is -4.50. The lowest BCUT2D eigenvalue weighted by molar-refractivity contribution is -0.137. The fourth-order valence-corrected chi connectivity index (χ4v) is 2.66. The SMILES string of the molecule is CC(=O)NCCC(=O)Nc1nc2cc(C(F)(F)F)ccc2n1Cc1ccco1. The molecule has 0 aliphatic heterocycles. The maximum Gasteiger partial charge on any atom is 0.416 e. The molecule has 1 aromatic carbocycles. The number of carbonyl (C=O) groups is 2. The number of benzene rings is 1. The van der Waals surface area contributed by atoms with Crippen molar-refractivity contribution in [3.05, 3.63) is 47.9 Å². The fraction of sp³-hybridized carbons (Fsp3) is 0.278. The molecule has 0 unspecified atom stereocenters. The number of amides is 2. The van der Waals surface area contributed by atoms with Gasteiger partial charge >= 0.3 is 6.18 Å². The molecule has 0 aliphatic rings. The van der Waals surface area contributed by atoms with Gasteiger partial charge in [-0.25, -0.2) is 4.98 Å². The summed E-state index contributed by atoms with van der Waals surface area (Å²) in [5.74, 6) is -0.0511. The van der Waals surface area contributed by atoms with Crippen molar-refractivity contribution in [1.82, 2.24) is 14.9 Å². The molecule has 3 aromatic rings. The number of hydrogen-bond donors (Lipinski definition) is 2. The maximum absolute atomic E-state index is 13.0. The smallest absolute Gasteiger partial charge is 0.416 e. The molecule has 0 saturated carbocycles. The minimum Gasteiger partial charge on any atom is -0.467 e. The van der Waals surface area contributed by atoms with Crippen LogP contribution in [0, 0.1) is 0 Å². The maximum atomic E-state index is 13.0. The molecule has 10 heteroatoms. The summed E-state index contributed by atoms with van der Waals surface area (Å²) < 4.78 is 45.8. The van der Waals surface area contributed by atoms with Gasteiger partial charge in [-0.1, -0.05) is 0 Å². The lowest BCUT2D eigenvalue weighted by Gasteiger charge is -2.09.